The zero-order valence-electron chi connectivity index (χ0n) is 19.0. The van der Waals surface area contributed by atoms with Gasteiger partial charge in [0.15, 0.2) is 0 Å². The van der Waals surface area contributed by atoms with Gasteiger partial charge >= 0.3 is 0 Å². The Morgan fingerprint density at radius 3 is 2.81 bits per heavy atom. The molecule has 6 heteroatoms. The highest BCUT2D eigenvalue weighted by atomic mass is 32.1. The molecule has 1 saturated heterocycles. The molecule has 0 saturated carbocycles. The number of amides is 1. The summed E-state index contributed by atoms with van der Waals surface area (Å²) >= 11 is 1.47. The molecule has 1 N–H and O–H groups in total. The molecule has 1 fully saturated rings. The fraction of sp³-hybridized carbons (Fsp3) is 0.385. The average Bonchev–Trinajstić information content (AvgIpc) is 3.37. The second-order valence-corrected chi connectivity index (χ2v) is 9.45. The molecule has 3 aromatic rings. The van der Waals surface area contributed by atoms with E-state index in [1.54, 1.807) is 7.11 Å². The summed E-state index contributed by atoms with van der Waals surface area (Å²) in [5.74, 6) is 1.23. The van der Waals surface area contributed by atoms with Gasteiger partial charge in [0, 0.05) is 19.3 Å². The van der Waals surface area contributed by atoms with E-state index in [1.807, 2.05) is 41.9 Å². The van der Waals surface area contributed by atoms with Crippen molar-refractivity contribution in [1.82, 2.24) is 15.2 Å². The smallest absolute Gasteiger partial charge is 0.261 e. The monoisotopic (exact) mass is 449 g/mol. The van der Waals surface area contributed by atoms with E-state index >= 15 is 0 Å². The maximum Gasteiger partial charge on any atom is 0.261 e. The minimum absolute atomic E-state index is 0.0191. The lowest BCUT2D eigenvalue weighted by Gasteiger charge is -2.37. The third-order valence-electron chi connectivity index (χ3n) is 6.51. The van der Waals surface area contributed by atoms with E-state index in [2.05, 4.69) is 41.2 Å². The molecule has 2 aromatic heterocycles. The number of carbonyl (C=O) groups is 1. The number of nitrogens with one attached hydrogen (secondary N) is 1. The third kappa shape index (κ3) is 5.03. The molecule has 0 bridgehead atoms. The molecule has 0 aliphatic carbocycles. The summed E-state index contributed by atoms with van der Waals surface area (Å²) in [5, 5.41) is 5.23. The first kappa shape index (κ1) is 22.5. The molecule has 168 valence electrons. The lowest BCUT2D eigenvalue weighted by atomic mass is 9.88. The van der Waals surface area contributed by atoms with Crippen LogP contribution in [-0.4, -0.2) is 36.0 Å². The number of thiophene rings is 1. The normalized spacial score (nSPS) is 17.7. The average molecular weight is 450 g/mol. The van der Waals surface area contributed by atoms with Gasteiger partial charge in [0.25, 0.3) is 5.91 Å². The topological polar surface area (TPSA) is 54.5 Å². The Hall–Kier alpha value is -2.70. The van der Waals surface area contributed by atoms with Crippen LogP contribution >= 0.6 is 11.3 Å². The number of aromatic nitrogens is 1. The van der Waals surface area contributed by atoms with Gasteiger partial charge in [0.1, 0.15) is 5.75 Å². The van der Waals surface area contributed by atoms with Gasteiger partial charge in [-0.3, -0.25) is 14.7 Å². The van der Waals surface area contributed by atoms with Gasteiger partial charge in [-0.25, -0.2) is 0 Å². The van der Waals surface area contributed by atoms with Crippen LogP contribution < -0.4 is 10.1 Å². The Labute approximate surface area is 194 Å². The summed E-state index contributed by atoms with van der Waals surface area (Å²) in [7, 11) is 1.72. The van der Waals surface area contributed by atoms with Crippen molar-refractivity contribution < 1.29 is 9.53 Å². The molecule has 1 amide bonds. The van der Waals surface area contributed by atoms with Gasteiger partial charge in [0.2, 0.25) is 0 Å². The molecule has 0 unspecified atom stereocenters. The summed E-state index contributed by atoms with van der Waals surface area (Å²) in [6.07, 6.45) is 3.99. The molecule has 2 atom stereocenters. The Morgan fingerprint density at radius 2 is 2.09 bits per heavy atom. The van der Waals surface area contributed by atoms with Gasteiger partial charge in [-0.15, -0.1) is 11.3 Å². The maximum atomic E-state index is 12.9. The number of carbonyl (C=O) groups excluding carboxylic acids is 1. The van der Waals surface area contributed by atoms with Crippen LogP contribution in [0.1, 0.15) is 50.9 Å². The Bertz CT molecular complexity index is 1040. The number of hydrogen-bond acceptors (Lipinski definition) is 5. The molecule has 1 aliphatic heterocycles. The second kappa shape index (κ2) is 10.3. The van der Waals surface area contributed by atoms with Crippen molar-refractivity contribution in [1.29, 1.82) is 0 Å². The largest absolute Gasteiger partial charge is 0.496 e. The molecular formula is C26H31N3O2S. The summed E-state index contributed by atoms with van der Waals surface area (Å²) in [6.45, 7) is 7.19. The van der Waals surface area contributed by atoms with Gasteiger partial charge in [-0.05, 0) is 85.5 Å². The summed E-state index contributed by atoms with van der Waals surface area (Å²) < 4.78 is 5.48. The lowest BCUT2D eigenvalue weighted by molar-refractivity contribution is 0.0879. The summed E-state index contributed by atoms with van der Waals surface area (Å²) in [6, 6.07) is 13.9. The first-order chi connectivity index (χ1) is 15.6. The first-order valence-corrected chi connectivity index (χ1v) is 12.1. The quantitative estimate of drug-likeness (QED) is 0.542. The van der Waals surface area contributed by atoms with Crippen LogP contribution in [0.2, 0.25) is 0 Å². The molecule has 1 aromatic carbocycles. The zero-order valence-corrected chi connectivity index (χ0v) is 19.8. The minimum atomic E-state index is -0.104. The molecule has 4 rings (SSSR count). The predicted molar refractivity (Wildman–Crippen MR) is 129 cm³/mol. The number of pyridine rings is 1. The van der Waals surface area contributed by atoms with Crippen LogP contribution in [0, 0.1) is 19.8 Å². The number of piperidine rings is 1. The lowest BCUT2D eigenvalue weighted by Crippen LogP contribution is -2.43. The van der Waals surface area contributed by atoms with Crippen molar-refractivity contribution >= 4 is 17.2 Å². The van der Waals surface area contributed by atoms with Crippen LogP contribution in [0.4, 0.5) is 0 Å². The van der Waals surface area contributed by atoms with Crippen LogP contribution in [0.25, 0.3) is 0 Å². The molecule has 1 aliphatic rings. The fourth-order valence-electron chi connectivity index (χ4n) is 4.61. The summed E-state index contributed by atoms with van der Waals surface area (Å²) in [4.78, 5) is 20.7. The van der Waals surface area contributed by atoms with Crippen molar-refractivity contribution in [3.8, 4) is 5.75 Å². The highest BCUT2D eigenvalue weighted by Crippen LogP contribution is 2.31. The molecular weight excluding hydrogens is 418 g/mol. The Balaban J connectivity index is 1.52. The standard InChI is InChI=1S/C26H31N3O2S/c1-18-19(2)23(31-3)12-11-20(18)16-29-14-6-8-21(17-29)25(22-9-4-5-13-27-22)28-26(30)24-10-7-15-32-24/h4-5,7,9-13,15,21,25H,6,8,14,16-17H2,1-3H3,(H,28,30)/t21-,25-/m0/s1. The van der Waals surface area contributed by atoms with Crippen molar-refractivity contribution in [2.24, 2.45) is 5.92 Å². The van der Waals surface area contributed by atoms with Crippen molar-refractivity contribution in [3.05, 3.63) is 81.3 Å². The molecule has 5 nitrogen and oxygen atoms in total. The van der Waals surface area contributed by atoms with Gasteiger partial charge < -0.3 is 10.1 Å². The van der Waals surface area contributed by atoms with Crippen molar-refractivity contribution in [2.45, 2.75) is 39.3 Å². The number of rotatable bonds is 7. The SMILES string of the molecule is COc1ccc(CN2CCC[C@H]([C@H](NC(=O)c3cccs3)c3ccccn3)C2)c(C)c1C. The van der Waals surface area contributed by atoms with Gasteiger partial charge in [-0.2, -0.15) is 0 Å². The van der Waals surface area contributed by atoms with Gasteiger partial charge in [-0.1, -0.05) is 18.2 Å². The van der Waals surface area contributed by atoms with Gasteiger partial charge in [0.05, 0.1) is 23.7 Å². The predicted octanol–water partition coefficient (Wildman–Crippen LogP) is 5.15. The molecule has 32 heavy (non-hydrogen) atoms. The number of likely N-dealkylation sites (tertiary alicyclic amines) is 1. The van der Waals surface area contributed by atoms with Crippen LogP contribution in [0.3, 0.4) is 0 Å². The third-order valence-corrected chi connectivity index (χ3v) is 7.38. The van der Waals surface area contributed by atoms with E-state index in [0.29, 0.717) is 5.92 Å². The van der Waals surface area contributed by atoms with E-state index in [0.717, 1.165) is 48.8 Å². The number of methoxy groups -OCH3 is 1. The van der Waals surface area contributed by atoms with Crippen molar-refractivity contribution in [3.63, 3.8) is 0 Å². The van der Waals surface area contributed by atoms with Crippen LogP contribution in [-0.2, 0) is 6.54 Å². The number of hydrogen-bond donors (Lipinski definition) is 1. The number of nitrogens with zero attached hydrogens (tertiary/aromatic N) is 2. The second-order valence-electron chi connectivity index (χ2n) is 8.50. The zero-order chi connectivity index (χ0) is 22.5. The van der Waals surface area contributed by atoms with E-state index in [9.17, 15) is 4.79 Å². The number of ether oxygens (including phenoxy) is 1. The number of benzene rings is 1. The molecule has 0 spiro atoms. The van der Waals surface area contributed by atoms with E-state index < -0.39 is 0 Å². The fourth-order valence-corrected chi connectivity index (χ4v) is 5.23. The van der Waals surface area contributed by atoms with E-state index in [4.69, 9.17) is 4.74 Å². The highest BCUT2D eigenvalue weighted by Gasteiger charge is 2.31. The van der Waals surface area contributed by atoms with E-state index in [-0.39, 0.29) is 11.9 Å². The first-order valence-electron chi connectivity index (χ1n) is 11.2. The molecule has 0 radical (unpaired) electrons. The van der Waals surface area contributed by atoms with E-state index in [1.165, 1.54) is 28.0 Å². The summed E-state index contributed by atoms with van der Waals surface area (Å²) in [5.41, 5.74) is 4.76. The Kier molecular flexibility index (Phi) is 7.22. The van der Waals surface area contributed by atoms with Crippen LogP contribution in [0.15, 0.2) is 54.0 Å². The Morgan fingerprint density at radius 1 is 1.22 bits per heavy atom. The van der Waals surface area contributed by atoms with Crippen molar-refractivity contribution in [2.75, 3.05) is 20.2 Å². The van der Waals surface area contributed by atoms with Crippen LogP contribution in [0.5, 0.6) is 5.75 Å². The molecule has 3 heterocycles. The maximum absolute atomic E-state index is 12.9. The minimum Gasteiger partial charge on any atom is -0.496 e. The highest BCUT2D eigenvalue weighted by molar-refractivity contribution is 7.12.